The van der Waals surface area contributed by atoms with Crippen LogP contribution in [0.1, 0.15) is 33.6 Å². The van der Waals surface area contributed by atoms with E-state index in [0.717, 1.165) is 11.3 Å². The number of oxime groups is 1. The van der Waals surface area contributed by atoms with Gasteiger partial charge < -0.3 is 35.8 Å². The van der Waals surface area contributed by atoms with E-state index in [1.807, 2.05) is 0 Å². The number of hydrogen-bond donors (Lipinski definition) is 5. The summed E-state index contributed by atoms with van der Waals surface area (Å²) < 4.78 is 11.1. The van der Waals surface area contributed by atoms with Crippen LogP contribution in [0.3, 0.4) is 0 Å². The zero-order valence-electron chi connectivity index (χ0n) is 20.0. The summed E-state index contributed by atoms with van der Waals surface area (Å²) in [5.74, 6) is -1.69. The summed E-state index contributed by atoms with van der Waals surface area (Å²) in [6.07, 6.45) is 0.0729. The molecule has 2 aromatic carbocycles. The van der Waals surface area contributed by atoms with Gasteiger partial charge in [0.1, 0.15) is 29.6 Å². The molecule has 196 valence electrons. The lowest BCUT2D eigenvalue weighted by Crippen LogP contribution is -2.37. The lowest BCUT2D eigenvalue weighted by Gasteiger charge is -2.28. The second-order valence-corrected chi connectivity index (χ2v) is 9.22. The van der Waals surface area contributed by atoms with Gasteiger partial charge in [-0.2, -0.15) is 0 Å². The number of carbonyl (C=O) groups is 2. The number of rotatable bonds is 11. The lowest BCUT2D eigenvalue weighted by atomic mass is 9.64. The number of Topliss-reactive ketones (excluding diaryl/α,β-unsaturated/α-hetero) is 1. The van der Waals surface area contributed by atoms with Gasteiger partial charge in [0.2, 0.25) is 0 Å². The summed E-state index contributed by atoms with van der Waals surface area (Å²) in [6, 6.07) is 11.3. The quantitative estimate of drug-likeness (QED) is 0.0791. The van der Waals surface area contributed by atoms with E-state index in [9.17, 15) is 19.7 Å². The molecule has 1 atom stereocenters. The van der Waals surface area contributed by atoms with Crippen molar-refractivity contribution in [3.05, 3.63) is 70.2 Å². The molecular formula is C24H24BN5O7S. The first-order valence-corrected chi connectivity index (χ1v) is 12.3. The molecule has 3 aromatic rings. The number of anilines is 1. The summed E-state index contributed by atoms with van der Waals surface area (Å²) >= 11 is 1.14. The number of nitrogens with one attached hydrogen (secondary N) is 1. The van der Waals surface area contributed by atoms with E-state index in [1.54, 1.807) is 41.8 Å². The predicted octanol–water partition coefficient (Wildman–Crippen LogP) is 1.95. The SMILES string of the molecule is N=C(N)c1ccc(OCCO/N=C(\C(=O)C[C@H]2Cc3cccc(C(=O)O)c3OB2O)c2csc(N)n2)cc1. The fourth-order valence-corrected chi connectivity index (χ4v) is 4.38. The van der Waals surface area contributed by atoms with Gasteiger partial charge in [0.15, 0.2) is 23.2 Å². The molecule has 1 aliphatic heterocycles. The zero-order chi connectivity index (χ0) is 27.2. The average Bonchev–Trinajstić information content (AvgIpc) is 3.32. The van der Waals surface area contributed by atoms with Gasteiger partial charge in [0, 0.05) is 23.2 Å². The molecule has 1 aliphatic rings. The molecule has 4 rings (SSSR count). The van der Waals surface area contributed by atoms with E-state index < -0.39 is 24.7 Å². The van der Waals surface area contributed by atoms with E-state index in [2.05, 4.69) is 10.1 Å². The van der Waals surface area contributed by atoms with Crippen molar-refractivity contribution in [1.29, 1.82) is 5.41 Å². The molecule has 2 heterocycles. The summed E-state index contributed by atoms with van der Waals surface area (Å²) in [6.45, 7) is 0.146. The number of para-hydroxylation sites is 1. The van der Waals surface area contributed by atoms with Gasteiger partial charge in [0.05, 0.1) is 5.56 Å². The minimum absolute atomic E-state index is 0.0192. The molecule has 1 aromatic heterocycles. The zero-order valence-corrected chi connectivity index (χ0v) is 20.8. The van der Waals surface area contributed by atoms with Crippen LogP contribution in [0.5, 0.6) is 11.5 Å². The molecule has 38 heavy (non-hydrogen) atoms. The fourth-order valence-electron chi connectivity index (χ4n) is 3.84. The number of benzene rings is 2. The van der Waals surface area contributed by atoms with E-state index in [-0.39, 0.29) is 59.7 Å². The summed E-state index contributed by atoms with van der Waals surface area (Å²) in [4.78, 5) is 34.1. The number of fused-ring (bicyclic) bond motifs is 1. The first kappa shape index (κ1) is 26.6. The Morgan fingerprint density at radius 1 is 1.24 bits per heavy atom. The Balaban J connectivity index is 1.41. The number of carboxylic acids is 1. The third-order valence-corrected chi connectivity index (χ3v) is 6.37. The summed E-state index contributed by atoms with van der Waals surface area (Å²) in [7, 11) is -1.39. The number of nitrogen functional groups attached to an aromatic ring is 2. The number of ketones is 1. The molecule has 0 radical (unpaired) electrons. The van der Waals surface area contributed by atoms with E-state index in [1.165, 1.54) is 6.07 Å². The molecule has 12 nitrogen and oxygen atoms in total. The first-order valence-electron chi connectivity index (χ1n) is 11.4. The highest BCUT2D eigenvalue weighted by atomic mass is 32.1. The lowest BCUT2D eigenvalue weighted by molar-refractivity contribution is -0.113. The highest BCUT2D eigenvalue weighted by Gasteiger charge is 2.38. The van der Waals surface area contributed by atoms with Crippen LogP contribution in [-0.4, -0.2) is 58.7 Å². The van der Waals surface area contributed by atoms with Crippen molar-refractivity contribution < 1.29 is 33.9 Å². The summed E-state index contributed by atoms with van der Waals surface area (Å²) in [5, 5.41) is 33.1. The number of hydrogen-bond acceptors (Lipinski definition) is 11. The maximum atomic E-state index is 13.2. The third-order valence-electron chi connectivity index (χ3n) is 5.69. The maximum absolute atomic E-state index is 13.2. The van der Waals surface area contributed by atoms with Gasteiger partial charge in [-0.3, -0.25) is 10.2 Å². The molecule has 0 unspecified atom stereocenters. The van der Waals surface area contributed by atoms with Crippen LogP contribution >= 0.6 is 11.3 Å². The predicted molar refractivity (Wildman–Crippen MR) is 141 cm³/mol. The van der Waals surface area contributed by atoms with Gasteiger partial charge in [-0.15, -0.1) is 11.3 Å². The minimum Gasteiger partial charge on any atom is -0.535 e. The molecule has 0 aliphatic carbocycles. The second kappa shape index (κ2) is 11.7. The Morgan fingerprint density at radius 2 is 2.00 bits per heavy atom. The molecule has 14 heteroatoms. The maximum Gasteiger partial charge on any atom is 0.526 e. The van der Waals surface area contributed by atoms with Crippen LogP contribution in [-0.2, 0) is 16.1 Å². The molecule has 0 spiro atoms. The number of ether oxygens (including phenoxy) is 1. The van der Waals surface area contributed by atoms with Gasteiger partial charge in [-0.05, 0) is 42.3 Å². The van der Waals surface area contributed by atoms with Crippen molar-refractivity contribution >= 4 is 46.9 Å². The molecule has 0 amide bonds. The van der Waals surface area contributed by atoms with Crippen molar-refractivity contribution in [2.75, 3.05) is 18.9 Å². The van der Waals surface area contributed by atoms with Crippen molar-refractivity contribution in [1.82, 2.24) is 4.98 Å². The number of aromatic nitrogens is 1. The number of nitrogens with zero attached hydrogens (tertiary/aromatic N) is 2. The molecule has 0 fully saturated rings. The molecule has 0 saturated heterocycles. The minimum atomic E-state index is -1.39. The van der Waals surface area contributed by atoms with Crippen LogP contribution in [0.2, 0.25) is 5.82 Å². The average molecular weight is 537 g/mol. The van der Waals surface area contributed by atoms with Gasteiger partial charge in [-0.1, -0.05) is 17.3 Å². The van der Waals surface area contributed by atoms with Crippen molar-refractivity contribution in [3.63, 3.8) is 0 Å². The van der Waals surface area contributed by atoms with Gasteiger partial charge >= 0.3 is 13.1 Å². The van der Waals surface area contributed by atoms with Crippen molar-refractivity contribution in [3.8, 4) is 11.5 Å². The Kier molecular flexibility index (Phi) is 8.23. The summed E-state index contributed by atoms with van der Waals surface area (Å²) in [5.41, 5.74) is 12.4. The number of carbonyl (C=O) groups excluding carboxylic acids is 1. The standard InChI is InChI=1S/C24H24BN5O7S/c26-22(27)13-4-6-16(7-5-13)35-8-9-36-30-20(18-12-38-24(28)29-18)19(31)11-15-10-14-2-1-3-17(23(32)33)21(14)37-25(15)34/h1-7,12,15,34H,8-11H2,(H3,26,27)(H2,28,29)(H,32,33)/b30-20-/t15-/m1/s1. The molecular weight excluding hydrogens is 513 g/mol. The van der Waals surface area contributed by atoms with Gasteiger partial charge in [-0.25, -0.2) is 9.78 Å². The van der Waals surface area contributed by atoms with Gasteiger partial charge in [0.25, 0.3) is 0 Å². The molecule has 0 saturated carbocycles. The molecule has 0 bridgehead atoms. The number of thiazole rings is 1. The first-order chi connectivity index (χ1) is 18.2. The van der Waals surface area contributed by atoms with E-state index in [4.69, 9.17) is 31.1 Å². The van der Waals surface area contributed by atoms with Crippen LogP contribution in [0, 0.1) is 5.41 Å². The Hall–Kier alpha value is -4.43. The normalized spacial score (nSPS) is 14.8. The van der Waals surface area contributed by atoms with Crippen molar-refractivity contribution in [2.45, 2.75) is 18.7 Å². The monoisotopic (exact) mass is 537 g/mol. The molecule has 7 N–H and O–H groups in total. The van der Waals surface area contributed by atoms with E-state index >= 15 is 0 Å². The smallest absolute Gasteiger partial charge is 0.526 e. The Morgan fingerprint density at radius 3 is 2.66 bits per heavy atom. The van der Waals surface area contributed by atoms with Crippen molar-refractivity contribution in [2.24, 2.45) is 10.9 Å². The highest BCUT2D eigenvalue weighted by Crippen LogP contribution is 2.36. The number of aromatic carboxylic acids is 1. The largest absolute Gasteiger partial charge is 0.535 e. The topological polar surface area (TPSA) is 203 Å². The number of amidine groups is 1. The van der Waals surface area contributed by atoms with Crippen LogP contribution in [0.25, 0.3) is 0 Å². The van der Waals surface area contributed by atoms with Crippen LogP contribution < -0.4 is 20.9 Å². The van der Waals surface area contributed by atoms with E-state index in [0.29, 0.717) is 16.9 Å². The second-order valence-electron chi connectivity index (χ2n) is 8.33. The highest BCUT2D eigenvalue weighted by molar-refractivity contribution is 7.13. The Bertz CT molecular complexity index is 1380. The number of nitrogens with two attached hydrogens (primary N) is 2. The Labute approximate surface area is 221 Å². The van der Waals surface area contributed by atoms with Crippen LogP contribution in [0.15, 0.2) is 53.0 Å². The fraction of sp³-hybridized carbons (Fsp3) is 0.208. The third kappa shape index (κ3) is 6.28. The van der Waals surface area contributed by atoms with Crippen LogP contribution in [0.4, 0.5) is 5.13 Å². The number of carboxylic acid groups (broad SMARTS) is 1.